The minimum atomic E-state index is -3.74. The van der Waals surface area contributed by atoms with Crippen LogP contribution in [0.25, 0.3) is 11.0 Å². The average Bonchev–Trinajstić information content (AvgIpc) is 3.16. The number of amidine groups is 1. The van der Waals surface area contributed by atoms with Gasteiger partial charge in [0.05, 0.1) is 17.6 Å². The third kappa shape index (κ3) is 3.45. The van der Waals surface area contributed by atoms with E-state index < -0.39 is 10.0 Å². The summed E-state index contributed by atoms with van der Waals surface area (Å²) in [5.41, 5.74) is 1.91. The number of benzene rings is 2. The topological polar surface area (TPSA) is 96.7 Å². The molecule has 2 aromatic carbocycles. The zero-order valence-corrected chi connectivity index (χ0v) is 18.1. The molecular formula is C21H23N5O3S. The first-order valence-corrected chi connectivity index (χ1v) is 11.0. The molecule has 9 heteroatoms. The van der Waals surface area contributed by atoms with Gasteiger partial charge < -0.3 is 9.47 Å². The summed E-state index contributed by atoms with van der Waals surface area (Å²) < 4.78 is 30.4. The molecule has 1 amide bonds. The number of aromatic nitrogens is 2. The number of hydrogen-bond acceptors (Lipinski definition) is 5. The fourth-order valence-electron chi connectivity index (χ4n) is 3.61. The van der Waals surface area contributed by atoms with Crippen LogP contribution in [0.5, 0.6) is 0 Å². The summed E-state index contributed by atoms with van der Waals surface area (Å²) in [5.74, 6) is 0.386. The Balaban J connectivity index is 1.60. The molecular weight excluding hydrogens is 402 g/mol. The van der Waals surface area contributed by atoms with E-state index in [1.807, 2.05) is 49.6 Å². The zero-order chi connectivity index (χ0) is 21.7. The monoisotopic (exact) mass is 425 g/mol. The number of hydrogen-bond donors (Lipinski definition) is 1. The number of nitrogens with one attached hydrogen (secondary N) is 1. The molecule has 3 aromatic rings. The van der Waals surface area contributed by atoms with Crippen molar-refractivity contribution in [1.29, 1.82) is 0 Å². The van der Waals surface area contributed by atoms with Gasteiger partial charge in [0.1, 0.15) is 4.90 Å². The van der Waals surface area contributed by atoms with Crippen molar-refractivity contribution in [3.8, 4) is 0 Å². The maximum absolute atomic E-state index is 12.8. The summed E-state index contributed by atoms with van der Waals surface area (Å²) in [7, 11) is -2.10. The van der Waals surface area contributed by atoms with Crippen LogP contribution < -0.4 is 5.32 Å². The van der Waals surface area contributed by atoms with Crippen molar-refractivity contribution in [2.24, 2.45) is 4.40 Å². The van der Waals surface area contributed by atoms with Crippen LogP contribution in [-0.2, 0) is 20.4 Å². The lowest BCUT2D eigenvalue weighted by atomic mass is 10.1. The summed E-state index contributed by atoms with van der Waals surface area (Å²) in [4.78, 5) is 19.1. The molecule has 1 aromatic heterocycles. The lowest BCUT2D eigenvalue weighted by molar-refractivity contribution is -0.116. The number of para-hydroxylation sites is 2. The smallest absolute Gasteiger partial charge is 0.285 e. The summed E-state index contributed by atoms with van der Waals surface area (Å²) in [5, 5.41) is 2.87. The second-order valence-corrected chi connectivity index (χ2v) is 9.79. The fourth-order valence-corrected chi connectivity index (χ4v) is 4.86. The normalized spacial score (nSPS) is 15.0. The van der Waals surface area contributed by atoms with Gasteiger partial charge in [0, 0.05) is 18.2 Å². The number of sulfonamides is 1. The first-order chi connectivity index (χ1) is 14.1. The number of rotatable bonds is 3. The van der Waals surface area contributed by atoms with Crippen molar-refractivity contribution < 1.29 is 13.2 Å². The average molecular weight is 426 g/mol. The van der Waals surface area contributed by atoms with E-state index in [0.29, 0.717) is 11.5 Å². The predicted octanol–water partition coefficient (Wildman–Crippen LogP) is 2.81. The number of nitrogens with zero attached hydrogens (tertiary/aromatic N) is 4. The van der Waals surface area contributed by atoms with Crippen LogP contribution in [0.3, 0.4) is 0 Å². The number of fused-ring (bicyclic) bond motifs is 2. The lowest BCUT2D eigenvalue weighted by Crippen LogP contribution is -2.36. The molecule has 0 saturated carbocycles. The summed E-state index contributed by atoms with van der Waals surface area (Å²) in [6.07, 6.45) is 0. The van der Waals surface area contributed by atoms with Crippen LogP contribution >= 0.6 is 0 Å². The Kier molecular flexibility index (Phi) is 4.65. The Morgan fingerprint density at radius 3 is 2.50 bits per heavy atom. The highest BCUT2D eigenvalue weighted by atomic mass is 32.2. The van der Waals surface area contributed by atoms with Crippen molar-refractivity contribution in [1.82, 2.24) is 14.5 Å². The third-order valence-electron chi connectivity index (χ3n) is 4.84. The van der Waals surface area contributed by atoms with Crippen molar-refractivity contribution in [2.75, 3.05) is 18.9 Å². The van der Waals surface area contributed by atoms with Crippen molar-refractivity contribution in [3.05, 3.63) is 54.1 Å². The zero-order valence-electron chi connectivity index (χ0n) is 17.2. The molecule has 0 spiro atoms. The molecule has 0 aliphatic carbocycles. The number of likely N-dealkylation sites (N-methyl/N-ethyl adjacent to an activating group) is 1. The lowest BCUT2D eigenvalue weighted by Gasteiger charge is -2.25. The Hall–Kier alpha value is -3.20. The van der Waals surface area contributed by atoms with Gasteiger partial charge in [-0.15, -0.1) is 4.40 Å². The molecule has 0 saturated heterocycles. The highest BCUT2D eigenvalue weighted by Crippen LogP contribution is 2.29. The SMILES string of the molecule is CN(CC(=O)Nc1nc2ccccc2n1C(C)(C)C)C1=NS(=O)(=O)c2ccccc21. The van der Waals surface area contributed by atoms with E-state index in [4.69, 9.17) is 0 Å². The van der Waals surface area contributed by atoms with Crippen LogP contribution in [0.1, 0.15) is 26.3 Å². The van der Waals surface area contributed by atoms with E-state index in [1.54, 1.807) is 25.2 Å². The highest BCUT2D eigenvalue weighted by molar-refractivity contribution is 7.90. The van der Waals surface area contributed by atoms with Crippen LogP contribution in [0.2, 0.25) is 0 Å². The molecule has 2 heterocycles. The quantitative estimate of drug-likeness (QED) is 0.696. The molecule has 4 rings (SSSR count). The molecule has 0 unspecified atom stereocenters. The van der Waals surface area contributed by atoms with E-state index in [0.717, 1.165) is 11.0 Å². The molecule has 30 heavy (non-hydrogen) atoms. The molecule has 1 aliphatic heterocycles. The molecule has 0 fully saturated rings. The summed E-state index contributed by atoms with van der Waals surface area (Å²) in [6, 6.07) is 14.3. The number of anilines is 1. The van der Waals surface area contributed by atoms with E-state index in [1.165, 1.54) is 11.0 Å². The number of carbonyl (C=O) groups is 1. The fraction of sp³-hybridized carbons (Fsp3) is 0.286. The van der Waals surface area contributed by atoms with Crippen LogP contribution in [0, 0.1) is 0 Å². The largest absolute Gasteiger partial charge is 0.349 e. The molecule has 156 valence electrons. The van der Waals surface area contributed by atoms with Gasteiger partial charge in [-0.05, 0) is 45.0 Å². The van der Waals surface area contributed by atoms with Crippen molar-refractivity contribution >= 4 is 38.7 Å². The van der Waals surface area contributed by atoms with Gasteiger partial charge in [-0.1, -0.05) is 24.3 Å². The predicted molar refractivity (Wildman–Crippen MR) is 116 cm³/mol. The van der Waals surface area contributed by atoms with Gasteiger partial charge in [0.15, 0.2) is 5.84 Å². The molecule has 0 radical (unpaired) electrons. The minimum Gasteiger partial charge on any atom is -0.349 e. The number of amides is 1. The van der Waals surface area contributed by atoms with Gasteiger partial charge in [-0.25, -0.2) is 4.98 Å². The van der Waals surface area contributed by atoms with E-state index >= 15 is 0 Å². The Morgan fingerprint density at radius 1 is 1.10 bits per heavy atom. The second kappa shape index (κ2) is 6.94. The summed E-state index contributed by atoms with van der Waals surface area (Å²) in [6.45, 7) is 6.05. The van der Waals surface area contributed by atoms with Crippen molar-refractivity contribution in [3.63, 3.8) is 0 Å². The molecule has 0 bridgehead atoms. The van der Waals surface area contributed by atoms with Crippen LogP contribution in [0.4, 0.5) is 5.95 Å². The first-order valence-electron chi connectivity index (χ1n) is 9.51. The molecule has 1 N–H and O–H groups in total. The number of carbonyl (C=O) groups excluding carboxylic acids is 1. The van der Waals surface area contributed by atoms with Crippen molar-refractivity contribution in [2.45, 2.75) is 31.2 Å². The van der Waals surface area contributed by atoms with E-state index in [9.17, 15) is 13.2 Å². The van der Waals surface area contributed by atoms with Crippen LogP contribution in [-0.4, -0.2) is 48.2 Å². The van der Waals surface area contributed by atoms with Gasteiger partial charge in [0.2, 0.25) is 11.9 Å². The Labute approximate surface area is 175 Å². The van der Waals surface area contributed by atoms with Gasteiger partial charge in [-0.2, -0.15) is 8.42 Å². The van der Waals surface area contributed by atoms with Gasteiger partial charge in [0.25, 0.3) is 10.0 Å². The maximum atomic E-state index is 12.8. The van der Waals surface area contributed by atoms with E-state index in [2.05, 4.69) is 14.7 Å². The van der Waals surface area contributed by atoms with Crippen LogP contribution in [0.15, 0.2) is 57.8 Å². The minimum absolute atomic E-state index is 0.0734. The maximum Gasteiger partial charge on any atom is 0.285 e. The third-order valence-corrected chi connectivity index (χ3v) is 6.16. The Morgan fingerprint density at radius 2 is 1.77 bits per heavy atom. The Bertz CT molecular complexity index is 1290. The second-order valence-electron chi connectivity index (χ2n) is 8.22. The molecule has 8 nitrogen and oxygen atoms in total. The van der Waals surface area contributed by atoms with Gasteiger partial charge >= 0.3 is 0 Å². The van der Waals surface area contributed by atoms with E-state index in [-0.39, 0.29) is 28.7 Å². The number of imidazole rings is 1. The molecule has 0 atom stereocenters. The van der Waals surface area contributed by atoms with Gasteiger partial charge in [-0.3, -0.25) is 10.1 Å². The molecule has 1 aliphatic rings. The summed E-state index contributed by atoms with van der Waals surface area (Å²) >= 11 is 0. The highest BCUT2D eigenvalue weighted by Gasteiger charge is 2.31. The first kappa shape index (κ1) is 20.1. The standard InChI is InChI=1S/C21H23N5O3S/c1-21(2,3)26-16-11-7-6-10-15(16)22-20(26)23-18(27)13-25(4)19-14-9-5-8-12-17(14)30(28,29)24-19/h5-12H,13H2,1-4H3,(H,22,23,27).